The van der Waals surface area contributed by atoms with Gasteiger partial charge < -0.3 is 9.73 Å². The summed E-state index contributed by atoms with van der Waals surface area (Å²) in [7, 11) is 0. The first-order chi connectivity index (χ1) is 18.2. The van der Waals surface area contributed by atoms with Crippen LogP contribution in [0.1, 0.15) is 0 Å². The molecule has 1 aromatic heterocycles. The van der Waals surface area contributed by atoms with Gasteiger partial charge in [0.2, 0.25) is 0 Å². The van der Waals surface area contributed by atoms with Crippen LogP contribution in [0.3, 0.4) is 0 Å². The fourth-order valence-electron chi connectivity index (χ4n) is 5.19. The molecule has 6 aromatic carbocycles. The molecular formula is C34H22FNO. The number of hydrogen-bond donors (Lipinski definition) is 1. The molecule has 0 spiro atoms. The van der Waals surface area contributed by atoms with E-state index < -0.39 is 0 Å². The third-order valence-electron chi connectivity index (χ3n) is 6.90. The van der Waals surface area contributed by atoms with Crippen molar-refractivity contribution in [3.8, 4) is 22.3 Å². The van der Waals surface area contributed by atoms with Crippen LogP contribution in [-0.2, 0) is 0 Å². The van der Waals surface area contributed by atoms with Crippen molar-refractivity contribution in [3.05, 3.63) is 133 Å². The summed E-state index contributed by atoms with van der Waals surface area (Å²) in [6.07, 6.45) is 0. The first-order valence-corrected chi connectivity index (χ1v) is 12.3. The largest absolute Gasteiger partial charge is 0.456 e. The highest BCUT2D eigenvalue weighted by Gasteiger charge is 2.12. The summed E-state index contributed by atoms with van der Waals surface area (Å²) in [6, 6.07) is 42.1. The van der Waals surface area contributed by atoms with Crippen molar-refractivity contribution >= 4 is 44.1 Å². The van der Waals surface area contributed by atoms with Crippen LogP contribution in [0.25, 0.3) is 55.0 Å². The second kappa shape index (κ2) is 8.65. The van der Waals surface area contributed by atoms with Gasteiger partial charge in [0.05, 0.1) is 0 Å². The molecule has 0 unspecified atom stereocenters. The zero-order chi connectivity index (χ0) is 24.8. The molecule has 176 valence electrons. The lowest BCUT2D eigenvalue weighted by Gasteiger charge is -2.14. The number of hydrogen-bond acceptors (Lipinski definition) is 2. The van der Waals surface area contributed by atoms with Crippen molar-refractivity contribution in [2.45, 2.75) is 0 Å². The lowest BCUT2D eigenvalue weighted by molar-refractivity contribution is 0.628. The minimum absolute atomic E-state index is 0.232. The fraction of sp³-hybridized carbons (Fsp3) is 0. The maximum atomic E-state index is 13.6. The van der Waals surface area contributed by atoms with E-state index in [0.717, 1.165) is 66.3 Å². The summed E-state index contributed by atoms with van der Waals surface area (Å²) >= 11 is 0. The van der Waals surface area contributed by atoms with E-state index in [1.165, 1.54) is 12.1 Å². The molecule has 37 heavy (non-hydrogen) atoms. The summed E-state index contributed by atoms with van der Waals surface area (Å²) < 4.78 is 19.6. The van der Waals surface area contributed by atoms with Crippen molar-refractivity contribution in [3.63, 3.8) is 0 Å². The SMILES string of the molecule is Fc1ccc(-c2cccc3cccc(-c4cccc(Nc5ccc6oc7ccccc7c6c5)c4)c23)cc1. The minimum Gasteiger partial charge on any atom is -0.456 e. The highest BCUT2D eigenvalue weighted by molar-refractivity contribution is 6.07. The fourth-order valence-corrected chi connectivity index (χ4v) is 5.19. The first-order valence-electron chi connectivity index (χ1n) is 12.3. The Balaban J connectivity index is 1.31. The van der Waals surface area contributed by atoms with Gasteiger partial charge in [0, 0.05) is 22.1 Å². The standard InChI is InChI=1S/C34H22FNO/c35-25-16-14-22(15-17-25)28-11-4-6-23-7-5-12-29(34(23)28)24-8-3-9-26(20-24)36-27-18-19-33-31(21-27)30-10-1-2-13-32(30)37-33/h1-21,36H. The molecule has 1 heterocycles. The average molecular weight is 480 g/mol. The molecule has 1 N–H and O–H groups in total. The molecule has 3 heteroatoms. The monoisotopic (exact) mass is 479 g/mol. The van der Waals surface area contributed by atoms with Crippen molar-refractivity contribution in [1.29, 1.82) is 0 Å². The van der Waals surface area contributed by atoms with Gasteiger partial charge in [0.1, 0.15) is 17.0 Å². The molecule has 0 saturated carbocycles. The second-order valence-corrected chi connectivity index (χ2v) is 9.23. The number of nitrogens with one attached hydrogen (secondary N) is 1. The Morgan fingerprint density at radius 1 is 0.514 bits per heavy atom. The van der Waals surface area contributed by atoms with Gasteiger partial charge in [-0.25, -0.2) is 4.39 Å². The van der Waals surface area contributed by atoms with Crippen molar-refractivity contribution in [2.24, 2.45) is 0 Å². The Hall–Kier alpha value is -4.89. The second-order valence-electron chi connectivity index (χ2n) is 9.23. The molecule has 0 radical (unpaired) electrons. The smallest absolute Gasteiger partial charge is 0.135 e. The van der Waals surface area contributed by atoms with Gasteiger partial charge in [0.15, 0.2) is 0 Å². The van der Waals surface area contributed by atoms with Crippen molar-refractivity contribution in [2.75, 3.05) is 5.32 Å². The van der Waals surface area contributed by atoms with Crippen molar-refractivity contribution < 1.29 is 8.81 Å². The summed E-state index contributed by atoms with van der Waals surface area (Å²) in [4.78, 5) is 0. The van der Waals surface area contributed by atoms with E-state index in [1.54, 1.807) is 0 Å². The van der Waals surface area contributed by atoms with Crippen LogP contribution in [0.15, 0.2) is 132 Å². The molecule has 0 bridgehead atoms. The van der Waals surface area contributed by atoms with Gasteiger partial charge in [0.25, 0.3) is 0 Å². The summed E-state index contributed by atoms with van der Waals surface area (Å²) in [5.41, 5.74) is 8.10. The number of anilines is 2. The van der Waals surface area contributed by atoms with Gasteiger partial charge in [-0.2, -0.15) is 0 Å². The summed E-state index contributed by atoms with van der Waals surface area (Å²) in [6.45, 7) is 0. The van der Waals surface area contributed by atoms with Crippen LogP contribution < -0.4 is 5.32 Å². The molecule has 0 aliphatic carbocycles. The van der Waals surface area contributed by atoms with E-state index in [4.69, 9.17) is 4.42 Å². The van der Waals surface area contributed by atoms with Crippen LogP contribution in [0, 0.1) is 5.82 Å². The third-order valence-corrected chi connectivity index (χ3v) is 6.90. The van der Waals surface area contributed by atoms with E-state index >= 15 is 0 Å². The maximum Gasteiger partial charge on any atom is 0.135 e. The van der Waals surface area contributed by atoms with E-state index in [9.17, 15) is 4.39 Å². The zero-order valence-corrected chi connectivity index (χ0v) is 19.9. The molecule has 0 aliphatic rings. The highest BCUT2D eigenvalue weighted by atomic mass is 19.1. The lowest BCUT2D eigenvalue weighted by atomic mass is 9.91. The number of fused-ring (bicyclic) bond motifs is 4. The number of rotatable bonds is 4. The molecule has 0 amide bonds. The molecule has 0 saturated heterocycles. The molecule has 7 aromatic rings. The summed E-state index contributed by atoms with van der Waals surface area (Å²) in [5, 5.41) is 8.08. The maximum absolute atomic E-state index is 13.6. The Labute approximate surface area is 213 Å². The van der Waals surface area contributed by atoms with Gasteiger partial charge in [-0.15, -0.1) is 0 Å². The number of furan rings is 1. The highest BCUT2D eigenvalue weighted by Crippen LogP contribution is 2.38. The Bertz CT molecular complexity index is 1910. The van der Waals surface area contributed by atoms with Crippen LogP contribution >= 0.6 is 0 Å². The zero-order valence-electron chi connectivity index (χ0n) is 19.9. The van der Waals surface area contributed by atoms with E-state index in [-0.39, 0.29) is 5.82 Å². The molecule has 0 fully saturated rings. The Morgan fingerprint density at radius 2 is 1.22 bits per heavy atom. The van der Waals surface area contributed by atoms with Gasteiger partial charge in [-0.1, -0.05) is 78.9 Å². The molecule has 2 nitrogen and oxygen atoms in total. The average Bonchev–Trinajstić information content (AvgIpc) is 3.31. The van der Waals surface area contributed by atoms with Crippen LogP contribution in [0.2, 0.25) is 0 Å². The van der Waals surface area contributed by atoms with Crippen LogP contribution in [0.5, 0.6) is 0 Å². The predicted molar refractivity (Wildman–Crippen MR) is 152 cm³/mol. The molecule has 0 atom stereocenters. The Kier molecular flexibility index (Phi) is 5.00. The first kappa shape index (κ1) is 21.4. The normalized spacial score (nSPS) is 11.4. The third kappa shape index (κ3) is 3.82. The lowest BCUT2D eigenvalue weighted by Crippen LogP contribution is -1.91. The van der Waals surface area contributed by atoms with Gasteiger partial charge >= 0.3 is 0 Å². The van der Waals surface area contributed by atoms with E-state index in [1.807, 2.05) is 42.5 Å². The van der Waals surface area contributed by atoms with Gasteiger partial charge in [-0.3, -0.25) is 0 Å². The topological polar surface area (TPSA) is 25.2 Å². The van der Waals surface area contributed by atoms with Crippen LogP contribution in [0.4, 0.5) is 15.8 Å². The van der Waals surface area contributed by atoms with E-state index in [2.05, 4.69) is 78.1 Å². The minimum atomic E-state index is -0.232. The van der Waals surface area contributed by atoms with Gasteiger partial charge in [-0.05, 0) is 81.6 Å². The summed E-state index contributed by atoms with van der Waals surface area (Å²) in [5.74, 6) is -0.232. The number of benzene rings is 6. The number of halogens is 1. The van der Waals surface area contributed by atoms with Crippen molar-refractivity contribution in [1.82, 2.24) is 0 Å². The van der Waals surface area contributed by atoms with E-state index in [0.29, 0.717) is 0 Å². The molecular weight excluding hydrogens is 457 g/mol. The molecule has 7 rings (SSSR count). The van der Waals surface area contributed by atoms with Crippen LogP contribution in [-0.4, -0.2) is 0 Å². The quantitative estimate of drug-likeness (QED) is 0.272. The number of para-hydroxylation sites is 1. The Morgan fingerprint density at radius 3 is 2.05 bits per heavy atom. The predicted octanol–water partition coefficient (Wildman–Crippen LogP) is 9.96. The molecule has 0 aliphatic heterocycles.